The summed E-state index contributed by atoms with van der Waals surface area (Å²) in [5.74, 6) is 1.09. The Labute approximate surface area is 185 Å². The van der Waals surface area contributed by atoms with Crippen LogP contribution in [0.4, 0.5) is 0 Å². The fraction of sp³-hybridized carbons (Fsp3) is 0.560. The number of nitrogens with zero attached hydrogens (tertiary/aromatic N) is 5. The van der Waals surface area contributed by atoms with Crippen molar-refractivity contribution in [3.05, 3.63) is 47.8 Å². The summed E-state index contributed by atoms with van der Waals surface area (Å²) in [4.78, 5) is 29.8. The van der Waals surface area contributed by atoms with Crippen molar-refractivity contribution in [2.45, 2.75) is 38.0 Å². The minimum Gasteiger partial charge on any atom is -0.341 e. The molecule has 2 fully saturated rings. The molecule has 0 bridgehead atoms. The molecule has 1 aromatic carbocycles. The maximum atomic E-state index is 13.2. The van der Waals surface area contributed by atoms with E-state index in [1.54, 1.807) is 0 Å². The summed E-state index contributed by atoms with van der Waals surface area (Å²) in [5, 5.41) is 0. The van der Waals surface area contributed by atoms with Gasteiger partial charge in [0.15, 0.2) is 5.82 Å². The molecule has 31 heavy (non-hydrogen) atoms. The van der Waals surface area contributed by atoms with Crippen LogP contribution < -0.4 is 0 Å². The van der Waals surface area contributed by atoms with Crippen molar-refractivity contribution in [2.75, 3.05) is 52.4 Å². The highest BCUT2D eigenvalue weighted by Gasteiger charge is 2.44. The van der Waals surface area contributed by atoms with E-state index in [1.807, 2.05) is 24.4 Å². The Morgan fingerprint density at radius 1 is 1.03 bits per heavy atom. The molecule has 1 atom stereocenters. The molecule has 6 heteroatoms. The van der Waals surface area contributed by atoms with Gasteiger partial charge in [-0.15, -0.1) is 0 Å². The van der Waals surface area contributed by atoms with Crippen LogP contribution in [0.1, 0.15) is 37.4 Å². The summed E-state index contributed by atoms with van der Waals surface area (Å²) in [6.07, 6.45) is 6.29. The topological polar surface area (TPSA) is 52.6 Å². The molecule has 1 aromatic heterocycles. The smallest absolute Gasteiger partial charge is 0.236 e. The van der Waals surface area contributed by atoms with Gasteiger partial charge in [0.1, 0.15) is 0 Å². The number of piperidine rings is 1. The molecule has 5 rings (SSSR count). The first kappa shape index (κ1) is 20.6. The Bertz CT molecular complexity index is 921. The van der Waals surface area contributed by atoms with Gasteiger partial charge in [-0.05, 0) is 37.8 Å². The van der Waals surface area contributed by atoms with Gasteiger partial charge >= 0.3 is 0 Å². The molecule has 3 heterocycles. The lowest BCUT2D eigenvalue weighted by Gasteiger charge is -2.42. The molecule has 3 aliphatic rings. The minimum absolute atomic E-state index is 0.00335. The van der Waals surface area contributed by atoms with Gasteiger partial charge in [-0.3, -0.25) is 9.69 Å². The van der Waals surface area contributed by atoms with Gasteiger partial charge in [0, 0.05) is 56.4 Å². The number of rotatable bonds is 4. The molecule has 2 aliphatic heterocycles. The predicted octanol–water partition coefficient (Wildman–Crippen LogP) is 2.59. The molecule has 2 saturated heterocycles. The van der Waals surface area contributed by atoms with Gasteiger partial charge in [-0.2, -0.15) is 0 Å². The van der Waals surface area contributed by atoms with E-state index >= 15 is 0 Å². The number of aryl methyl sites for hydroxylation is 1. The summed E-state index contributed by atoms with van der Waals surface area (Å²) in [5.41, 5.74) is 3.51. The van der Waals surface area contributed by atoms with Gasteiger partial charge in [0.25, 0.3) is 0 Å². The Balaban J connectivity index is 1.31. The van der Waals surface area contributed by atoms with Crippen LogP contribution in [0, 0.1) is 0 Å². The minimum atomic E-state index is -0.00335. The van der Waals surface area contributed by atoms with Crippen LogP contribution in [-0.4, -0.2) is 82.9 Å². The number of hydrogen-bond donors (Lipinski definition) is 0. The van der Waals surface area contributed by atoms with Gasteiger partial charge < -0.3 is 9.80 Å². The number of piperazine rings is 1. The fourth-order valence-electron chi connectivity index (χ4n) is 5.56. The molecule has 1 amide bonds. The zero-order chi connectivity index (χ0) is 21.3. The third-order valence-electron chi connectivity index (χ3n) is 7.47. The molecule has 164 valence electrons. The van der Waals surface area contributed by atoms with Crippen molar-refractivity contribution in [3.63, 3.8) is 0 Å². The number of carbonyl (C=O) groups is 1. The highest BCUT2D eigenvalue weighted by molar-refractivity contribution is 5.78. The molecule has 2 aromatic rings. The number of likely N-dealkylation sites (N-methyl/N-ethyl adjacent to an activating group) is 1. The van der Waals surface area contributed by atoms with Crippen LogP contribution in [0.2, 0.25) is 0 Å². The van der Waals surface area contributed by atoms with Gasteiger partial charge in [0.05, 0.1) is 12.2 Å². The van der Waals surface area contributed by atoms with E-state index in [-0.39, 0.29) is 11.3 Å². The van der Waals surface area contributed by atoms with Crippen LogP contribution in [-0.2, 0) is 16.6 Å². The van der Waals surface area contributed by atoms with Crippen LogP contribution >= 0.6 is 0 Å². The molecule has 0 saturated carbocycles. The van der Waals surface area contributed by atoms with Crippen molar-refractivity contribution < 1.29 is 4.79 Å². The Kier molecular flexibility index (Phi) is 5.76. The van der Waals surface area contributed by atoms with Crippen LogP contribution in [0.5, 0.6) is 0 Å². The van der Waals surface area contributed by atoms with Crippen molar-refractivity contribution in [2.24, 2.45) is 0 Å². The standard InChI is InChI=1S/C25H33N5O/c1-2-28-13-15-29(16-14-28)18-22(31)30-12-6-10-25(19-30)11-9-21-17-26-24(27-23(21)25)20-7-4-3-5-8-20/h3-5,7-8,17H,2,6,9-16,18-19H2,1H3. The van der Waals surface area contributed by atoms with E-state index < -0.39 is 0 Å². The molecule has 1 aliphatic carbocycles. The lowest BCUT2D eigenvalue weighted by atomic mass is 9.77. The summed E-state index contributed by atoms with van der Waals surface area (Å²) in [7, 11) is 0. The van der Waals surface area contributed by atoms with Crippen molar-refractivity contribution in [1.29, 1.82) is 0 Å². The molecule has 0 radical (unpaired) electrons. The number of amides is 1. The lowest BCUT2D eigenvalue weighted by Crippen LogP contribution is -2.53. The number of aromatic nitrogens is 2. The molecule has 6 nitrogen and oxygen atoms in total. The van der Waals surface area contributed by atoms with Crippen LogP contribution in [0.3, 0.4) is 0 Å². The maximum absolute atomic E-state index is 13.2. The summed E-state index contributed by atoms with van der Waals surface area (Å²) in [6, 6.07) is 10.2. The zero-order valence-corrected chi connectivity index (χ0v) is 18.6. The van der Waals surface area contributed by atoms with E-state index in [2.05, 4.69) is 38.7 Å². The van der Waals surface area contributed by atoms with Gasteiger partial charge in [0.2, 0.25) is 5.91 Å². The summed E-state index contributed by atoms with van der Waals surface area (Å²) >= 11 is 0. The number of hydrogen-bond acceptors (Lipinski definition) is 5. The average molecular weight is 420 g/mol. The first-order valence-electron chi connectivity index (χ1n) is 11.8. The van der Waals surface area contributed by atoms with Crippen molar-refractivity contribution in [1.82, 2.24) is 24.7 Å². The Morgan fingerprint density at radius 3 is 2.58 bits per heavy atom. The van der Waals surface area contributed by atoms with E-state index in [4.69, 9.17) is 4.98 Å². The summed E-state index contributed by atoms with van der Waals surface area (Å²) in [6.45, 7) is 9.67. The molecular formula is C25H33N5O. The van der Waals surface area contributed by atoms with Crippen LogP contribution in [0.25, 0.3) is 11.4 Å². The van der Waals surface area contributed by atoms with E-state index in [1.165, 1.54) is 11.3 Å². The highest BCUT2D eigenvalue weighted by Crippen LogP contribution is 2.44. The molecule has 1 spiro atoms. The Hall–Kier alpha value is -2.31. The van der Waals surface area contributed by atoms with E-state index in [9.17, 15) is 4.79 Å². The Morgan fingerprint density at radius 2 is 1.81 bits per heavy atom. The summed E-state index contributed by atoms with van der Waals surface area (Å²) < 4.78 is 0. The average Bonchev–Trinajstić information content (AvgIpc) is 3.17. The van der Waals surface area contributed by atoms with Crippen molar-refractivity contribution >= 4 is 5.91 Å². The SMILES string of the molecule is CCN1CCN(CC(=O)N2CCCC3(CCc4cnc(-c5ccccc5)nc43)C2)CC1. The largest absolute Gasteiger partial charge is 0.341 e. The highest BCUT2D eigenvalue weighted by atomic mass is 16.2. The quantitative estimate of drug-likeness (QED) is 0.763. The maximum Gasteiger partial charge on any atom is 0.236 e. The first-order chi connectivity index (χ1) is 15.2. The van der Waals surface area contributed by atoms with Crippen LogP contribution in [0.15, 0.2) is 36.5 Å². The normalized spacial score (nSPS) is 24.5. The molecular weight excluding hydrogens is 386 g/mol. The number of benzene rings is 1. The van der Waals surface area contributed by atoms with Crippen molar-refractivity contribution in [3.8, 4) is 11.4 Å². The van der Waals surface area contributed by atoms with E-state index in [0.29, 0.717) is 6.54 Å². The second-order valence-corrected chi connectivity index (χ2v) is 9.34. The van der Waals surface area contributed by atoms with E-state index in [0.717, 1.165) is 82.9 Å². The first-order valence-corrected chi connectivity index (χ1v) is 11.8. The number of fused-ring (bicyclic) bond motifs is 2. The monoisotopic (exact) mass is 419 g/mol. The molecule has 0 N–H and O–H groups in total. The zero-order valence-electron chi connectivity index (χ0n) is 18.6. The third-order valence-corrected chi connectivity index (χ3v) is 7.47. The second kappa shape index (κ2) is 8.67. The number of carbonyl (C=O) groups excluding carboxylic acids is 1. The predicted molar refractivity (Wildman–Crippen MR) is 122 cm³/mol. The number of likely N-dealkylation sites (tertiary alicyclic amines) is 1. The third kappa shape index (κ3) is 4.11. The molecule has 1 unspecified atom stereocenters. The van der Waals surface area contributed by atoms with Gasteiger partial charge in [-0.25, -0.2) is 9.97 Å². The fourth-order valence-corrected chi connectivity index (χ4v) is 5.56. The van der Waals surface area contributed by atoms with Gasteiger partial charge in [-0.1, -0.05) is 37.3 Å². The lowest BCUT2D eigenvalue weighted by molar-refractivity contribution is -0.135. The second-order valence-electron chi connectivity index (χ2n) is 9.34.